The van der Waals surface area contributed by atoms with E-state index in [4.69, 9.17) is 0 Å². The minimum absolute atomic E-state index is 0.152. The zero-order chi connectivity index (χ0) is 22.4. The molecule has 0 spiro atoms. The van der Waals surface area contributed by atoms with Crippen molar-refractivity contribution in [3.63, 3.8) is 0 Å². The number of aromatic nitrogens is 1. The van der Waals surface area contributed by atoms with E-state index in [1.54, 1.807) is 32.1 Å². The number of carbonyl (C=O) groups is 2. The maximum Gasteiger partial charge on any atom is 0.275 e. The van der Waals surface area contributed by atoms with Gasteiger partial charge >= 0.3 is 0 Å². The van der Waals surface area contributed by atoms with E-state index in [1.165, 1.54) is 27.8 Å². The summed E-state index contributed by atoms with van der Waals surface area (Å²) < 4.78 is 15.3. The number of aliphatic hydroxyl groups is 1. The molecule has 3 atom stereocenters. The average Bonchev–Trinajstić information content (AvgIpc) is 2.85. The normalized spacial score (nSPS) is 22.1. The summed E-state index contributed by atoms with van der Waals surface area (Å²) in [7, 11) is 0. The molecule has 2 bridgehead atoms. The van der Waals surface area contributed by atoms with E-state index in [0.29, 0.717) is 0 Å². The Labute approximate surface area is 177 Å². The van der Waals surface area contributed by atoms with E-state index in [9.17, 15) is 29.0 Å². The van der Waals surface area contributed by atoms with Crippen molar-refractivity contribution >= 4 is 11.8 Å². The number of aryl methyl sites for hydroxylation is 1. The van der Waals surface area contributed by atoms with Gasteiger partial charge in [-0.05, 0) is 25.5 Å². The highest BCUT2D eigenvalue weighted by Gasteiger charge is 2.40. The van der Waals surface area contributed by atoms with Crippen LogP contribution in [0.25, 0.3) is 0 Å². The van der Waals surface area contributed by atoms with Gasteiger partial charge in [0.2, 0.25) is 5.43 Å². The number of hydrogen-bond donors (Lipinski definition) is 3. The van der Waals surface area contributed by atoms with Crippen LogP contribution in [0.3, 0.4) is 0 Å². The fourth-order valence-corrected chi connectivity index (χ4v) is 3.96. The van der Waals surface area contributed by atoms with Gasteiger partial charge in [0.25, 0.3) is 11.8 Å². The summed E-state index contributed by atoms with van der Waals surface area (Å²) in [6.07, 6.45) is 3.41. The molecule has 1 aromatic carbocycles. The minimum Gasteiger partial charge on any atom is -0.503 e. The van der Waals surface area contributed by atoms with Gasteiger partial charge in [-0.25, -0.2) is 4.39 Å². The van der Waals surface area contributed by atoms with Crippen molar-refractivity contribution in [2.24, 2.45) is 0 Å². The topological polar surface area (TPSA) is 112 Å². The molecule has 162 valence electrons. The fraction of sp³-hybridized carbons (Fsp3) is 0.318. The molecular formula is C22H22FN3O5. The lowest BCUT2D eigenvalue weighted by molar-refractivity contribution is 0.0534. The highest BCUT2D eigenvalue weighted by Crippen LogP contribution is 2.32. The number of nitrogens with zero attached hydrogens (tertiary/aromatic N) is 2. The molecule has 2 aliphatic heterocycles. The third-order valence-corrected chi connectivity index (χ3v) is 5.78. The molecule has 0 fully saturated rings. The van der Waals surface area contributed by atoms with Crippen molar-refractivity contribution < 1.29 is 24.2 Å². The predicted octanol–water partition coefficient (Wildman–Crippen LogP) is 1.25. The highest BCUT2D eigenvalue weighted by atomic mass is 19.1. The van der Waals surface area contributed by atoms with E-state index >= 15 is 0 Å². The summed E-state index contributed by atoms with van der Waals surface area (Å²) >= 11 is 0. The molecule has 0 unspecified atom stereocenters. The molecule has 31 heavy (non-hydrogen) atoms. The SMILES string of the molecule is Cc1ccc(CNC(=O)c2cn3c(c(O)c2=O)C(=O)N2C[C@@H]3[C@@H](O)C=C[C@@H]2C)c(F)c1. The molecular weight excluding hydrogens is 405 g/mol. The largest absolute Gasteiger partial charge is 0.503 e. The second-order valence-corrected chi connectivity index (χ2v) is 7.89. The number of nitrogens with one attached hydrogen (secondary N) is 1. The third kappa shape index (κ3) is 3.50. The van der Waals surface area contributed by atoms with Gasteiger partial charge in [-0.3, -0.25) is 14.4 Å². The Hall–Kier alpha value is -3.46. The maximum atomic E-state index is 14.0. The van der Waals surface area contributed by atoms with Crippen LogP contribution in [0.15, 0.2) is 41.3 Å². The first-order valence-electron chi connectivity index (χ1n) is 9.87. The maximum absolute atomic E-state index is 14.0. The number of pyridine rings is 1. The predicted molar refractivity (Wildman–Crippen MR) is 109 cm³/mol. The van der Waals surface area contributed by atoms with Crippen LogP contribution in [0.1, 0.15) is 44.9 Å². The van der Waals surface area contributed by atoms with Gasteiger partial charge in [-0.15, -0.1) is 0 Å². The number of halogens is 1. The molecule has 2 amide bonds. The lowest BCUT2D eigenvalue weighted by Gasteiger charge is -2.38. The summed E-state index contributed by atoms with van der Waals surface area (Å²) in [5.41, 5.74) is -0.697. The van der Waals surface area contributed by atoms with E-state index in [0.717, 1.165) is 5.56 Å². The van der Waals surface area contributed by atoms with Gasteiger partial charge in [0, 0.05) is 30.9 Å². The summed E-state index contributed by atoms with van der Waals surface area (Å²) in [6, 6.07) is 3.55. The van der Waals surface area contributed by atoms with Crippen molar-refractivity contribution in [2.75, 3.05) is 6.54 Å². The molecule has 2 aliphatic rings. The Bertz CT molecular complexity index is 1170. The molecule has 0 saturated heterocycles. The van der Waals surface area contributed by atoms with Gasteiger partial charge in [0.1, 0.15) is 11.4 Å². The van der Waals surface area contributed by atoms with Crippen LogP contribution >= 0.6 is 0 Å². The zero-order valence-electron chi connectivity index (χ0n) is 17.0. The first kappa shape index (κ1) is 20.8. The number of fused-ring (bicyclic) bond motifs is 4. The smallest absolute Gasteiger partial charge is 0.275 e. The summed E-state index contributed by atoms with van der Waals surface area (Å²) in [4.78, 5) is 39.7. The van der Waals surface area contributed by atoms with Crippen LogP contribution in [-0.4, -0.2) is 50.2 Å². The Kier molecular flexibility index (Phi) is 5.14. The van der Waals surface area contributed by atoms with Crippen LogP contribution in [0.2, 0.25) is 0 Å². The van der Waals surface area contributed by atoms with Gasteiger partial charge in [-0.1, -0.05) is 24.3 Å². The molecule has 8 nitrogen and oxygen atoms in total. The molecule has 0 radical (unpaired) electrons. The molecule has 2 aromatic rings. The van der Waals surface area contributed by atoms with Crippen LogP contribution in [0, 0.1) is 12.7 Å². The highest BCUT2D eigenvalue weighted by molar-refractivity contribution is 5.99. The van der Waals surface area contributed by atoms with Crippen molar-refractivity contribution in [1.29, 1.82) is 0 Å². The first-order valence-corrected chi connectivity index (χ1v) is 9.87. The molecule has 4 rings (SSSR count). The van der Waals surface area contributed by atoms with Crippen LogP contribution in [0.4, 0.5) is 4.39 Å². The summed E-state index contributed by atoms with van der Waals surface area (Å²) in [6.45, 7) is 3.49. The fourth-order valence-electron chi connectivity index (χ4n) is 3.96. The third-order valence-electron chi connectivity index (χ3n) is 5.78. The molecule has 9 heteroatoms. The molecule has 0 aliphatic carbocycles. The van der Waals surface area contributed by atoms with Crippen molar-refractivity contribution in [1.82, 2.24) is 14.8 Å². The quantitative estimate of drug-likeness (QED) is 0.639. The number of aromatic hydroxyl groups is 1. The van der Waals surface area contributed by atoms with E-state index < -0.39 is 46.5 Å². The monoisotopic (exact) mass is 427 g/mol. The van der Waals surface area contributed by atoms with Gasteiger partial charge in [0.15, 0.2) is 11.4 Å². The Balaban J connectivity index is 1.70. The molecule has 3 N–H and O–H groups in total. The molecule has 0 saturated carbocycles. The van der Waals surface area contributed by atoms with Crippen molar-refractivity contribution in [2.45, 2.75) is 38.6 Å². The van der Waals surface area contributed by atoms with Gasteiger partial charge in [0.05, 0.1) is 12.1 Å². The number of benzene rings is 1. The number of hydrogen-bond acceptors (Lipinski definition) is 5. The van der Waals surface area contributed by atoms with Crippen molar-refractivity contribution in [3.8, 4) is 5.75 Å². The lowest BCUT2D eigenvalue weighted by Crippen LogP contribution is -2.49. The Morgan fingerprint density at radius 3 is 2.74 bits per heavy atom. The van der Waals surface area contributed by atoms with Gasteiger partial charge < -0.3 is 25.0 Å². The standard InChI is InChI=1S/C22H22FN3O5/c1-11-3-5-13(15(23)7-11)8-24-21(30)14-9-26-16-10-25(12(2)4-6-17(16)27)22(31)18(26)20(29)19(14)28/h3-7,9,12,16-17,27,29H,8,10H2,1-2H3,(H,24,30)/t12-,16+,17-/m0/s1. The van der Waals surface area contributed by atoms with Gasteiger partial charge in [-0.2, -0.15) is 0 Å². The zero-order valence-corrected chi connectivity index (χ0v) is 17.0. The minimum atomic E-state index is -1.00. The van der Waals surface area contributed by atoms with Crippen LogP contribution < -0.4 is 10.7 Å². The number of carbonyl (C=O) groups excluding carboxylic acids is 2. The van der Waals surface area contributed by atoms with Crippen LogP contribution in [0.5, 0.6) is 5.75 Å². The lowest BCUT2D eigenvalue weighted by atomic mass is 10.0. The summed E-state index contributed by atoms with van der Waals surface area (Å²) in [5, 5.41) is 23.5. The second kappa shape index (κ2) is 7.66. The Morgan fingerprint density at radius 1 is 1.29 bits per heavy atom. The number of aliphatic hydroxyl groups excluding tert-OH is 1. The number of rotatable bonds is 3. The molecule has 3 heterocycles. The summed E-state index contributed by atoms with van der Waals surface area (Å²) in [5.74, 6) is -2.73. The Morgan fingerprint density at radius 2 is 2.03 bits per heavy atom. The molecule has 1 aromatic heterocycles. The van der Waals surface area contributed by atoms with Crippen molar-refractivity contribution in [3.05, 3.63) is 75.0 Å². The van der Waals surface area contributed by atoms with E-state index in [-0.39, 0.29) is 30.4 Å². The van der Waals surface area contributed by atoms with E-state index in [2.05, 4.69) is 5.32 Å². The first-order chi connectivity index (χ1) is 14.7. The van der Waals surface area contributed by atoms with E-state index in [1.807, 2.05) is 0 Å². The number of amides is 2. The van der Waals surface area contributed by atoms with Crippen LogP contribution in [-0.2, 0) is 6.54 Å². The second-order valence-electron chi connectivity index (χ2n) is 7.89. The average molecular weight is 427 g/mol.